The summed E-state index contributed by atoms with van der Waals surface area (Å²) in [7, 11) is 1.63. The van der Waals surface area contributed by atoms with E-state index in [2.05, 4.69) is 9.88 Å². The minimum absolute atomic E-state index is 0.0268. The van der Waals surface area contributed by atoms with Crippen molar-refractivity contribution in [1.29, 1.82) is 0 Å². The van der Waals surface area contributed by atoms with Crippen LogP contribution in [0.2, 0.25) is 0 Å². The molecule has 3 aliphatic rings. The molecule has 1 aromatic rings. The lowest BCUT2D eigenvalue weighted by molar-refractivity contribution is 0.0406. The van der Waals surface area contributed by atoms with Gasteiger partial charge in [-0.15, -0.1) is 0 Å². The maximum Gasteiger partial charge on any atom is 0.180 e. The van der Waals surface area contributed by atoms with E-state index in [1.807, 2.05) is 31.2 Å². The van der Waals surface area contributed by atoms with Crippen molar-refractivity contribution >= 4 is 5.78 Å². The molecule has 0 spiro atoms. The molecule has 0 aliphatic carbocycles. The Morgan fingerprint density at radius 3 is 2.70 bits per heavy atom. The first kappa shape index (κ1) is 15.9. The second-order valence-corrected chi connectivity index (χ2v) is 6.42. The van der Waals surface area contributed by atoms with E-state index in [0.29, 0.717) is 5.92 Å². The van der Waals surface area contributed by atoms with Crippen LogP contribution >= 0.6 is 0 Å². The first-order valence-corrected chi connectivity index (χ1v) is 8.30. The average molecular weight is 312 g/mol. The number of hydrogen-bond donors (Lipinski definition) is 0. The molecular weight excluding hydrogens is 288 g/mol. The molecule has 4 nitrogen and oxygen atoms in total. The number of hydrogen-bond acceptors (Lipinski definition) is 4. The molecule has 1 aromatic heterocycles. The zero-order chi connectivity index (χ0) is 16.2. The van der Waals surface area contributed by atoms with Crippen LogP contribution in [0.3, 0.4) is 0 Å². The lowest BCUT2D eigenvalue weighted by Gasteiger charge is -2.44. The van der Waals surface area contributed by atoms with Crippen molar-refractivity contribution in [3.63, 3.8) is 0 Å². The van der Waals surface area contributed by atoms with Crippen LogP contribution in [0.5, 0.6) is 5.75 Å². The summed E-state index contributed by atoms with van der Waals surface area (Å²) in [4.78, 5) is 19.7. The Labute approximate surface area is 137 Å². The highest BCUT2D eigenvalue weighted by atomic mass is 16.5. The van der Waals surface area contributed by atoms with Crippen LogP contribution in [0.4, 0.5) is 0 Å². The van der Waals surface area contributed by atoms with E-state index in [1.54, 1.807) is 19.5 Å². The third-order valence-corrected chi connectivity index (χ3v) is 4.99. The number of Topliss-reactive ketones (excluding diaryl/α,β-unsaturated/α-hetero) is 1. The van der Waals surface area contributed by atoms with E-state index >= 15 is 0 Å². The summed E-state index contributed by atoms with van der Waals surface area (Å²) >= 11 is 0. The highest BCUT2D eigenvalue weighted by Gasteiger charge is 2.37. The number of ether oxygens (including phenoxy) is 1. The number of fused-ring (bicyclic) bond motifs is 3. The average Bonchev–Trinajstić information content (AvgIpc) is 2.60. The van der Waals surface area contributed by atoms with Crippen molar-refractivity contribution in [2.45, 2.75) is 32.2 Å². The summed E-state index contributed by atoms with van der Waals surface area (Å²) in [6.07, 6.45) is 6.86. The lowest BCUT2D eigenvalue weighted by atomic mass is 9.80. The molecule has 0 aromatic carbocycles. The highest BCUT2D eigenvalue weighted by molar-refractivity contribution is 6.01. The maximum absolute atomic E-state index is 13.1. The third-order valence-electron chi connectivity index (χ3n) is 4.99. The van der Waals surface area contributed by atoms with Crippen LogP contribution in [0, 0.1) is 12.8 Å². The summed E-state index contributed by atoms with van der Waals surface area (Å²) in [6, 6.07) is 7.45. The number of carbonyl (C=O) groups is 1. The van der Waals surface area contributed by atoms with Gasteiger partial charge in [-0.1, -0.05) is 0 Å². The summed E-state index contributed by atoms with van der Waals surface area (Å²) in [5.41, 5.74) is 1.66. The van der Waals surface area contributed by atoms with E-state index in [1.165, 1.54) is 12.8 Å². The van der Waals surface area contributed by atoms with Gasteiger partial charge in [0, 0.05) is 18.0 Å². The Bertz CT molecular complexity index is 635. The number of nitrogens with zero attached hydrogens (tertiary/aromatic N) is 2. The summed E-state index contributed by atoms with van der Waals surface area (Å²) in [5.74, 6) is 1.65. The predicted molar refractivity (Wildman–Crippen MR) is 90.2 cm³/mol. The highest BCUT2D eigenvalue weighted by Crippen LogP contribution is 2.33. The number of aromatic nitrogens is 1. The molecule has 0 radical (unpaired) electrons. The fourth-order valence-electron chi connectivity index (χ4n) is 3.65. The van der Waals surface area contributed by atoms with Gasteiger partial charge < -0.3 is 4.74 Å². The first-order chi connectivity index (χ1) is 11.2. The standard InChI is InChI=1S/C19H24N2O2/c1-14-12-16(23-2)4-3-8-20-9-5-17(14)19(22)18-13-15-6-10-21(18)11-7-15/h3-5,8-9,12,15,18H,6-7,10-11,13H2,1-2H3/t18-/m1/s1. The van der Waals surface area contributed by atoms with Gasteiger partial charge in [-0.25, -0.2) is 0 Å². The fraction of sp³-hybridized carbons (Fsp3) is 0.474. The molecule has 3 saturated heterocycles. The van der Waals surface area contributed by atoms with E-state index in [-0.39, 0.29) is 11.8 Å². The molecule has 1 atom stereocenters. The van der Waals surface area contributed by atoms with Crippen molar-refractivity contribution in [1.82, 2.24) is 9.88 Å². The minimum atomic E-state index is 0.0268. The zero-order valence-corrected chi connectivity index (χ0v) is 13.9. The molecule has 4 heterocycles. The smallest absolute Gasteiger partial charge is 0.180 e. The number of piperidine rings is 3. The largest absolute Gasteiger partial charge is 0.497 e. The van der Waals surface area contributed by atoms with Gasteiger partial charge in [0.2, 0.25) is 0 Å². The number of ketones is 1. The predicted octanol–water partition coefficient (Wildman–Crippen LogP) is 3.19. The van der Waals surface area contributed by atoms with Crippen LogP contribution in [0.1, 0.15) is 35.2 Å². The van der Waals surface area contributed by atoms with Crippen molar-refractivity contribution in [3.8, 4) is 5.75 Å². The Morgan fingerprint density at radius 2 is 2.04 bits per heavy atom. The molecule has 0 saturated carbocycles. The Morgan fingerprint density at radius 1 is 1.26 bits per heavy atom. The Hall–Kier alpha value is -1.94. The third kappa shape index (κ3) is 3.53. The quantitative estimate of drug-likeness (QED) is 0.804. The SMILES string of the molecule is COc1cccnccc(C(=O)[C@H]2C[C@H]3CC[N@@]2CC3)c(C)c1. The first-order valence-electron chi connectivity index (χ1n) is 8.30. The normalized spacial score (nSPS) is 25.6. The van der Waals surface area contributed by atoms with Gasteiger partial charge in [-0.2, -0.15) is 0 Å². The zero-order valence-electron chi connectivity index (χ0n) is 13.9. The van der Waals surface area contributed by atoms with Gasteiger partial charge in [0.1, 0.15) is 5.75 Å². The number of carbonyl (C=O) groups excluding carboxylic acids is 1. The van der Waals surface area contributed by atoms with Gasteiger partial charge in [0.15, 0.2) is 5.78 Å². The topological polar surface area (TPSA) is 42.4 Å². The van der Waals surface area contributed by atoms with E-state index in [4.69, 9.17) is 4.74 Å². The Kier molecular flexibility index (Phi) is 4.91. The van der Waals surface area contributed by atoms with Crippen molar-refractivity contribution < 1.29 is 9.53 Å². The van der Waals surface area contributed by atoms with Crippen molar-refractivity contribution in [2.75, 3.05) is 20.2 Å². The van der Waals surface area contributed by atoms with Crippen LogP contribution in [-0.2, 0) is 0 Å². The molecule has 3 fully saturated rings. The summed E-state index contributed by atoms with van der Waals surface area (Å²) in [6.45, 7) is 4.07. The van der Waals surface area contributed by atoms with Crippen LogP contribution in [0.25, 0.3) is 0 Å². The molecular formula is C19H24N2O2. The lowest BCUT2D eigenvalue weighted by Crippen LogP contribution is -2.52. The summed E-state index contributed by atoms with van der Waals surface area (Å²) in [5, 5.41) is 0. The molecule has 4 heteroatoms. The van der Waals surface area contributed by atoms with E-state index in [9.17, 15) is 4.79 Å². The van der Waals surface area contributed by atoms with E-state index in [0.717, 1.165) is 36.4 Å². The molecule has 0 unspecified atom stereocenters. The fourth-order valence-corrected chi connectivity index (χ4v) is 3.65. The van der Waals surface area contributed by atoms with Gasteiger partial charge in [0.25, 0.3) is 0 Å². The number of aryl methyl sites for hydroxylation is 1. The van der Waals surface area contributed by atoms with Gasteiger partial charge >= 0.3 is 0 Å². The monoisotopic (exact) mass is 312 g/mol. The summed E-state index contributed by atoms with van der Waals surface area (Å²) < 4.78 is 5.35. The molecule has 3 aliphatic heterocycles. The number of rotatable bonds is 3. The van der Waals surface area contributed by atoms with Crippen LogP contribution in [0.15, 0.2) is 36.7 Å². The minimum Gasteiger partial charge on any atom is -0.497 e. The molecule has 2 bridgehead atoms. The van der Waals surface area contributed by atoms with Crippen LogP contribution in [-0.4, -0.2) is 41.9 Å². The van der Waals surface area contributed by atoms with Gasteiger partial charge in [0.05, 0.1) is 13.2 Å². The molecule has 0 amide bonds. The molecule has 4 rings (SSSR count). The van der Waals surface area contributed by atoms with Crippen LogP contribution < -0.4 is 4.74 Å². The van der Waals surface area contributed by atoms with Crippen molar-refractivity contribution in [3.05, 3.63) is 47.8 Å². The second kappa shape index (κ2) is 7.09. The second-order valence-electron chi connectivity index (χ2n) is 6.42. The number of methoxy groups -OCH3 is 1. The molecule has 23 heavy (non-hydrogen) atoms. The maximum atomic E-state index is 13.1. The van der Waals surface area contributed by atoms with Gasteiger partial charge in [-0.05, 0) is 75.0 Å². The Balaban J connectivity index is 1.99. The van der Waals surface area contributed by atoms with E-state index < -0.39 is 0 Å². The molecule has 0 N–H and O–H groups in total. The van der Waals surface area contributed by atoms with Gasteiger partial charge in [-0.3, -0.25) is 14.7 Å². The molecule has 122 valence electrons. The van der Waals surface area contributed by atoms with Crippen molar-refractivity contribution in [2.24, 2.45) is 5.92 Å².